The molecule has 2 aromatic heterocycles. The van der Waals surface area contributed by atoms with Gasteiger partial charge in [-0.25, -0.2) is 0 Å². The zero-order valence-electron chi connectivity index (χ0n) is 15.4. The number of furan rings is 1. The predicted molar refractivity (Wildman–Crippen MR) is 118 cm³/mol. The summed E-state index contributed by atoms with van der Waals surface area (Å²) in [6, 6.07) is 14.7. The van der Waals surface area contributed by atoms with Crippen LogP contribution in [-0.4, -0.2) is 33.3 Å². The zero-order chi connectivity index (χ0) is 20.4. The van der Waals surface area contributed by atoms with Crippen LogP contribution in [0, 0.1) is 0 Å². The second kappa shape index (κ2) is 8.71. The molecule has 0 saturated carbocycles. The van der Waals surface area contributed by atoms with Crippen LogP contribution in [0.4, 0.5) is 0 Å². The second-order valence-corrected chi connectivity index (χ2v) is 7.93. The van der Waals surface area contributed by atoms with Crippen molar-refractivity contribution in [3.05, 3.63) is 76.2 Å². The molecule has 0 spiro atoms. The first-order chi connectivity index (χ1) is 14.1. The van der Waals surface area contributed by atoms with Gasteiger partial charge >= 0.3 is 0 Å². The Bertz CT molecular complexity index is 1010. The van der Waals surface area contributed by atoms with Crippen molar-refractivity contribution < 1.29 is 9.52 Å². The third-order valence-electron chi connectivity index (χ3n) is 4.88. The summed E-state index contributed by atoms with van der Waals surface area (Å²) < 4.78 is 6.23. The number of aliphatic hydroxyl groups excluding tert-OH is 1. The lowest BCUT2D eigenvalue weighted by Crippen LogP contribution is -2.30. The summed E-state index contributed by atoms with van der Waals surface area (Å²) >= 11 is 17.8. The standard InChI is InChI=1S/C21H19Cl2N3O2S/c22-14-6-5-13(12-15(14)23)17-7-8-18(28-17)20-19(16-4-1-2-9-24-16)25-21(29)26(20)10-3-11-27/h1-2,4-9,12,19-20,27H,3,10-11H2,(H,25,29)/t19-,20-/m1/s1. The maximum atomic E-state index is 9.30. The number of hydrogen-bond acceptors (Lipinski definition) is 4. The van der Waals surface area contributed by atoms with Crippen LogP contribution in [0.25, 0.3) is 11.3 Å². The lowest BCUT2D eigenvalue weighted by atomic mass is 10.0. The van der Waals surface area contributed by atoms with Gasteiger partial charge in [-0.05, 0) is 61.1 Å². The SMILES string of the molecule is OCCCN1C(=S)N[C@H](c2ccccn2)[C@H]1c1ccc(-c2ccc(Cl)c(Cl)c2)o1. The summed E-state index contributed by atoms with van der Waals surface area (Å²) in [6.07, 6.45) is 2.37. The third-order valence-corrected chi connectivity index (χ3v) is 5.97. The van der Waals surface area contributed by atoms with E-state index in [1.54, 1.807) is 18.3 Å². The molecule has 0 aliphatic carbocycles. The van der Waals surface area contributed by atoms with Crippen LogP contribution < -0.4 is 5.32 Å². The fourth-order valence-electron chi connectivity index (χ4n) is 3.51. The minimum absolute atomic E-state index is 0.0900. The highest BCUT2D eigenvalue weighted by molar-refractivity contribution is 7.80. The number of rotatable bonds is 6. The van der Waals surface area contributed by atoms with Gasteiger partial charge in [0.05, 0.1) is 21.8 Å². The normalized spacial score (nSPS) is 18.9. The highest BCUT2D eigenvalue weighted by Gasteiger charge is 2.41. The van der Waals surface area contributed by atoms with Crippen LogP contribution >= 0.6 is 35.4 Å². The van der Waals surface area contributed by atoms with Gasteiger partial charge in [0, 0.05) is 24.9 Å². The average Bonchev–Trinajstić information content (AvgIpc) is 3.34. The van der Waals surface area contributed by atoms with E-state index in [0.29, 0.717) is 33.9 Å². The molecular formula is C21H19Cl2N3O2S. The van der Waals surface area contributed by atoms with Crippen molar-refractivity contribution in [2.24, 2.45) is 0 Å². The highest BCUT2D eigenvalue weighted by Crippen LogP contribution is 2.40. The Balaban J connectivity index is 1.71. The molecule has 150 valence electrons. The molecule has 3 aromatic rings. The van der Waals surface area contributed by atoms with E-state index in [4.69, 9.17) is 39.8 Å². The summed E-state index contributed by atoms with van der Waals surface area (Å²) in [5.74, 6) is 1.45. The number of aromatic nitrogens is 1. The first-order valence-electron chi connectivity index (χ1n) is 9.22. The van der Waals surface area contributed by atoms with Gasteiger partial charge in [-0.15, -0.1) is 0 Å². The molecule has 1 aromatic carbocycles. The van der Waals surface area contributed by atoms with E-state index in [0.717, 1.165) is 17.0 Å². The summed E-state index contributed by atoms with van der Waals surface area (Å²) in [4.78, 5) is 6.54. The number of pyridine rings is 1. The molecule has 5 nitrogen and oxygen atoms in total. The Hall–Kier alpha value is -2.12. The fraction of sp³-hybridized carbons (Fsp3) is 0.238. The molecule has 4 rings (SSSR count). The van der Waals surface area contributed by atoms with E-state index in [9.17, 15) is 5.11 Å². The first-order valence-corrected chi connectivity index (χ1v) is 10.4. The van der Waals surface area contributed by atoms with Crippen LogP contribution in [0.5, 0.6) is 0 Å². The Labute approximate surface area is 184 Å². The van der Waals surface area contributed by atoms with Gasteiger partial charge in [0.1, 0.15) is 17.6 Å². The van der Waals surface area contributed by atoms with Gasteiger partial charge in [-0.1, -0.05) is 29.3 Å². The van der Waals surface area contributed by atoms with Crippen molar-refractivity contribution >= 4 is 40.5 Å². The van der Waals surface area contributed by atoms with E-state index in [2.05, 4.69) is 10.3 Å². The number of benzene rings is 1. The van der Waals surface area contributed by atoms with E-state index in [-0.39, 0.29) is 18.7 Å². The molecule has 1 aliphatic heterocycles. The molecule has 1 saturated heterocycles. The topological polar surface area (TPSA) is 61.5 Å². The van der Waals surface area contributed by atoms with Gasteiger partial charge in [0.15, 0.2) is 5.11 Å². The van der Waals surface area contributed by atoms with E-state index < -0.39 is 0 Å². The number of hydrogen-bond donors (Lipinski definition) is 2. The Morgan fingerprint density at radius 3 is 2.72 bits per heavy atom. The number of halogens is 2. The van der Waals surface area contributed by atoms with E-state index >= 15 is 0 Å². The molecule has 1 aliphatic rings. The molecule has 29 heavy (non-hydrogen) atoms. The molecule has 8 heteroatoms. The quantitative estimate of drug-likeness (QED) is 0.518. The van der Waals surface area contributed by atoms with Crippen LogP contribution in [0.1, 0.15) is 30.0 Å². The molecule has 2 N–H and O–H groups in total. The summed E-state index contributed by atoms with van der Waals surface area (Å²) in [5, 5.41) is 14.3. The minimum atomic E-state index is -0.180. The molecule has 1 fully saturated rings. The molecule has 0 amide bonds. The van der Waals surface area contributed by atoms with Gasteiger partial charge in [-0.2, -0.15) is 0 Å². The number of thiocarbonyl (C=S) groups is 1. The van der Waals surface area contributed by atoms with Gasteiger partial charge in [0.2, 0.25) is 0 Å². The Morgan fingerprint density at radius 1 is 1.14 bits per heavy atom. The van der Waals surface area contributed by atoms with Crippen molar-refractivity contribution in [3.63, 3.8) is 0 Å². The molecular weight excluding hydrogens is 429 g/mol. The van der Waals surface area contributed by atoms with Crippen molar-refractivity contribution in [1.82, 2.24) is 15.2 Å². The van der Waals surface area contributed by atoms with Crippen molar-refractivity contribution in [3.8, 4) is 11.3 Å². The van der Waals surface area contributed by atoms with E-state index in [1.807, 2.05) is 41.3 Å². The van der Waals surface area contributed by atoms with Gasteiger partial charge < -0.3 is 19.7 Å². The number of nitrogens with zero attached hydrogens (tertiary/aromatic N) is 2. The summed E-state index contributed by atoms with van der Waals surface area (Å²) in [7, 11) is 0. The van der Waals surface area contributed by atoms with Crippen molar-refractivity contribution in [2.75, 3.05) is 13.2 Å². The van der Waals surface area contributed by atoms with E-state index in [1.165, 1.54) is 0 Å². The third kappa shape index (κ3) is 4.12. The number of nitrogens with one attached hydrogen (secondary N) is 1. The van der Waals surface area contributed by atoms with Crippen LogP contribution in [-0.2, 0) is 0 Å². The predicted octanol–water partition coefficient (Wildman–Crippen LogP) is 5.00. The molecule has 0 unspecified atom stereocenters. The smallest absolute Gasteiger partial charge is 0.170 e. The molecule has 0 bridgehead atoms. The largest absolute Gasteiger partial charge is 0.459 e. The summed E-state index contributed by atoms with van der Waals surface area (Å²) in [5.41, 5.74) is 1.72. The molecule has 2 atom stereocenters. The van der Waals surface area contributed by atoms with Gasteiger partial charge in [0.25, 0.3) is 0 Å². The Kier molecular flexibility index (Phi) is 6.06. The van der Waals surface area contributed by atoms with Crippen LogP contribution in [0.15, 0.2) is 59.1 Å². The molecule has 3 heterocycles. The highest BCUT2D eigenvalue weighted by atomic mass is 35.5. The van der Waals surface area contributed by atoms with Crippen LogP contribution in [0.2, 0.25) is 10.0 Å². The van der Waals surface area contributed by atoms with Gasteiger partial charge in [-0.3, -0.25) is 4.98 Å². The lowest BCUT2D eigenvalue weighted by molar-refractivity contribution is 0.233. The summed E-state index contributed by atoms with van der Waals surface area (Å²) in [6.45, 7) is 0.700. The van der Waals surface area contributed by atoms with Crippen molar-refractivity contribution in [2.45, 2.75) is 18.5 Å². The maximum Gasteiger partial charge on any atom is 0.170 e. The monoisotopic (exact) mass is 447 g/mol. The minimum Gasteiger partial charge on any atom is -0.459 e. The maximum absolute atomic E-state index is 9.30. The zero-order valence-corrected chi connectivity index (χ0v) is 17.7. The Morgan fingerprint density at radius 2 is 2.00 bits per heavy atom. The first kappa shape index (κ1) is 20.2. The second-order valence-electron chi connectivity index (χ2n) is 6.73. The molecule has 0 radical (unpaired) electrons. The lowest BCUT2D eigenvalue weighted by Gasteiger charge is -2.25. The van der Waals surface area contributed by atoms with Crippen molar-refractivity contribution in [1.29, 1.82) is 0 Å². The van der Waals surface area contributed by atoms with Crippen LogP contribution in [0.3, 0.4) is 0 Å². The average molecular weight is 448 g/mol. The number of aliphatic hydroxyl groups is 1. The fourth-order valence-corrected chi connectivity index (χ4v) is 4.14.